The molecule has 1 heterocycles. The number of nitrogen functional groups attached to an aromatic ring is 1. The molecule has 0 saturated carbocycles. The van der Waals surface area contributed by atoms with Gasteiger partial charge in [0.15, 0.2) is 9.84 Å². The number of anilines is 1. The number of morpholine rings is 1. The summed E-state index contributed by atoms with van der Waals surface area (Å²) in [6.07, 6.45) is 0. The van der Waals surface area contributed by atoms with Crippen LogP contribution in [0.25, 0.3) is 0 Å². The summed E-state index contributed by atoms with van der Waals surface area (Å²) in [6, 6.07) is 6.60. The average Bonchev–Trinajstić information content (AvgIpc) is 2.38. The molecule has 0 spiro atoms. The Morgan fingerprint density at radius 3 is 2.56 bits per heavy atom. The molecule has 1 aromatic carbocycles. The molecule has 1 aliphatic heterocycles. The molecule has 1 saturated heterocycles. The van der Waals surface area contributed by atoms with Gasteiger partial charge in [-0.1, -0.05) is 12.1 Å². The van der Waals surface area contributed by atoms with Crippen molar-refractivity contribution in [1.82, 2.24) is 4.90 Å². The molecule has 18 heavy (non-hydrogen) atoms. The number of rotatable bonds is 4. The Morgan fingerprint density at radius 2 is 1.89 bits per heavy atom. The molecule has 100 valence electrons. The van der Waals surface area contributed by atoms with E-state index < -0.39 is 9.84 Å². The highest BCUT2D eigenvalue weighted by Gasteiger charge is 2.19. The maximum atomic E-state index is 12.2. The normalized spacial score (nSPS) is 17.8. The summed E-state index contributed by atoms with van der Waals surface area (Å²) in [6.45, 7) is 3.46. The van der Waals surface area contributed by atoms with Gasteiger partial charge in [0.2, 0.25) is 0 Å². The van der Waals surface area contributed by atoms with Crippen LogP contribution in [0.1, 0.15) is 0 Å². The molecule has 0 radical (unpaired) electrons. The van der Waals surface area contributed by atoms with E-state index in [9.17, 15) is 8.42 Å². The fourth-order valence-corrected chi connectivity index (χ4v) is 3.38. The van der Waals surface area contributed by atoms with Crippen LogP contribution in [0.2, 0.25) is 0 Å². The third-order valence-electron chi connectivity index (χ3n) is 3.03. The van der Waals surface area contributed by atoms with Crippen LogP contribution in [0, 0.1) is 0 Å². The number of hydrogen-bond donors (Lipinski definition) is 1. The van der Waals surface area contributed by atoms with Crippen LogP contribution in [0.4, 0.5) is 5.69 Å². The predicted octanol–water partition coefficient (Wildman–Crippen LogP) is 0.375. The van der Waals surface area contributed by atoms with Crippen molar-refractivity contribution in [3.8, 4) is 0 Å². The molecule has 6 heteroatoms. The number of hydrogen-bond acceptors (Lipinski definition) is 5. The number of ether oxygens (including phenoxy) is 1. The summed E-state index contributed by atoms with van der Waals surface area (Å²) in [5, 5.41) is 0. The van der Waals surface area contributed by atoms with E-state index in [2.05, 4.69) is 4.90 Å². The van der Waals surface area contributed by atoms with Crippen molar-refractivity contribution in [2.45, 2.75) is 4.90 Å². The Hall–Kier alpha value is -1.11. The van der Waals surface area contributed by atoms with Crippen LogP contribution in [-0.2, 0) is 14.6 Å². The van der Waals surface area contributed by atoms with Crippen LogP contribution in [0.5, 0.6) is 0 Å². The zero-order valence-corrected chi connectivity index (χ0v) is 11.0. The first-order valence-electron chi connectivity index (χ1n) is 5.97. The van der Waals surface area contributed by atoms with E-state index >= 15 is 0 Å². The van der Waals surface area contributed by atoms with E-state index in [-0.39, 0.29) is 10.6 Å². The first kappa shape index (κ1) is 13.3. The number of nitrogens with zero attached hydrogens (tertiary/aromatic N) is 1. The highest BCUT2D eigenvalue weighted by molar-refractivity contribution is 7.91. The molecule has 1 aliphatic rings. The Labute approximate surface area is 107 Å². The van der Waals surface area contributed by atoms with Crippen molar-refractivity contribution in [2.75, 3.05) is 44.3 Å². The Kier molecular flexibility index (Phi) is 4.21. The molecule has 0 unspecified atom stereocenters. The summed E-state index contributed by atoms with van der Waals surface area (Å²) < 4.78 is 29.5. The Balaban J connectivity index is 2.01. The van der Waals surface area contributed by atoms with Crippen LogP contribution >= 0.6 is 0 Å². The molecule has 0 atom stereocenters. The first-order chi connectivity index (χ1) is 8.59. The third kappa shape index (κ3) is 3.22. The predicted molar refractivity (Wildman–Crippen MR) is 70.2 cm³/mol. The van der Waals surface area contributed by atoms with Gasteiger partial charge in [0, 0.05) is 19.6 Å². The fraction of sp³-hybridized carbons (Fsp3) is 0.500. The zero-order chi connectivity index (χ0) is 13.0. The van der Waals surface area contributed by atoms with Crippen molar-refractivity contribution >= 4 is 15.5 Å². The van der Waals surface area contributed by atoms with Gasteiger partial charge < -0.3 is 10.5 Å². The summed E-state index contributed by atoms with van der Waals surface area (Å²) in [4.78, 5) is 2.33. The molecule has 1 aromatic rings. The standard InChI is InChI=1S/C12H18N2O3S/c13-11-3-1-2-4-12(11)18(15,16)10-7-14-5-8-17-9-6-14/h1-4H,5-10,13H2. The molecule has 5 nitrogen and oxygen atoms in total. The molecular formula is C12H18N2O3S. The fourth-order valence-electron chi connectivity index (χ4n) is 1.95. The zero-order valence-electron chi connectivity index (χ0n) is 10.2. The van der Waals surface area contributed by atoms with Gasteiger partial charge in [-0.25, -0.2) is 8.42 Å². The van der Waals surface area contributed by atoms with Gasteiger partial charge in [-0.2, -0.15) is 0 Å². The summed E-state index contributed by atoms with van der Waals surface area (Å²) in [5.74, 6) is 0.0984. The second-order valence-electron chi connectivity index (χ2n) is 4.31. The van der Waals surface area contributed by atoms with E-state index in [0.717, 1.165) is 13.1 Å². The van der Waals surface area contributed by atoms with Gasteiger partial charge in [-0.3, -0.25) is 4.90 Å². The molecule has 1 fully saturated rings. The van der Waals surface area contributed by atoms with Gasteiger partial charge >= 0.3 is 0 Å². The molecular weight excluding hydrogens is 252 g/mol. The highest BCUT2D eigenvalue weighted by atomic mass is 32.2. The average molecular weight is 270 g/mol. The van der Waals surface area contributed by atoms with Crippen molar-refractivity contribution in [2.24, 2.45) is 0 Å². The number of nitrogens with two attached hydrogens (primary N) is 1. The third-order valence-corrected chi connectivity index (χ3v) is 4.80. The van der Waals surface area contributed by atoms with E-state index in [1.54, 1.807) is 24.3 Å². The van der Waals surface area contributed by atoms with Gasteiger partial charge in [0.1, 0.15) is 0 Å². The van der Waals surface area contributed by atoms with Crippen LogP contribution in [0.15, 0.2) is 29.2 Å². The van der Waals surface area contributed by atoms with E-state index in [1.807, 2.05) is 0 Å². The van der Waals surface area contributed by atoms with Crippen molar-refractivity contribution in [3.63, 3.8) is 0 Å². The van der Waals surface area contributed by atoms with Crippen LogP contribution < -0.4 is 5.73 Å². The van der Waals surface area contributed by atoms with Crippen molar-refractivity contribution in [1.29, 1.82) is 0 Å². The van der Waals surface area contributed by atoms with Crippen LogP contribution in [-0.4, -0.2) is 51.9 Å². The topological polar surface area (TPSA) is 72.6 Å². The SMILES string of the molecule is Nc1ccccc1S(=O)(=O)CCN1CCOCC1. The lowest BCUT2D eigenvalue weighted by atomic mass is 10.3. The Morgan fingerprint density at radius 1 is 1.22 bits per heavy atom. The molecule has 0 aromatic heterocycles. The van der Waals surface area contributed by atoms with Crippen molar-refractivity contribution < 1.29 is 13.2 Å². The number of para-hydroxylation sites is 1. The molecule has 0 amide bonds. The molecule has 0 aliphatic carbocycles. The Bertz CT molecular complexity index is 496. The minimum atomic E-state index is -3.30. The lowest BCUT2D eigenvalue weighted by molar-refractivity contribution is 0.0408. The lowest BCUT2D eigenvalue weighted by Crippen LogP contribution is -2.39. The molecule has 2 rings (SSSR count). The van der Waals surface area contributed by atoms with Crippen molar-refractivity contribution in [3.05, 3.63) is 24.3 Å². The van der Waals surface area contributed by atoms with E-state index in [1.165, 1.54) is 0 Å². The lowest BCUT2D eigenvalue weighted by Gasteiger charge is -2.26. The second kappa shape index (κ2) is 5.69. The summed E-state index contributed by atoms with van der Waals surface area (Å²) in [5.41, 5.74) is 6.02. The van der Waals surface area contributed by atoms with Gasteiger partial charge in [0.25, 0.3) is 0 Å². The highest BCUT2D eigenvalue weighted by Crippen LogP contribution is 2.18. The van der Waals surface area contributed by atoms with E-state index in [0.29, 0.717) is 25.4 Å². The van der Waals surface area contributed by atoms with Gasteiger partial charge in [0.05, 0.1) is 29.5 Å². The monoisotopic (exact) mass is 270 g/mol. The smallest absolute Gasteiger partial charge is 0.181 e. The second-order valence-corrected chi connectivity index (χ2v) is 6.39. The quantitative estimate of drug-likeness (QED) is 0.801. The van der Waals surface area contributed by atoms with Gasteiger partial charge in [-0.05, 0) is 12.1 Å². The maximum Gasteiger partial charge on any atom is 0.181 e. The largest absolute Gasteiger partial charge is 0.398 e. The van der Waals surface area contributed by atoms with E-state index in [4.69, 9.17) is 10.5 Å². The number of sulfone groups is 1. The van der Waals surface area contributed by atoms with Gasteiger partial charge in [-0.15, -0.1) is 0 Å². The minimum absolute atomic E-state index is 0.0984. The summed E-state index contributed by atoms with van der Waals surface area (Å²) in [7, 11) is -3.30. The first-order valence-corrected chi connectivity index (χ1v) is 7.62. The van der Waals surface area contributed by atoms with Crippen LogP contribution in [0.3, 0.4) is 0 Å². The number of benzene rings is 1. The minimum Gasteiger partial charge on any atom is -0.398 e. The molecule has 2 N–H and O–H groups in total. The maximum absolute atomic E-state index is 12.2. The molecule has 0 bridgehead atoms. The summed E-state index contributed by atoms with van der Waals surface area (Å²) >= 11 is 0.